The van der Waals surface area contributed by atoms with Gasteiger partial charge in [-0.15, -0.1) is 0 Å². The van der Waals surface area contributed by atoms with Crippen molar-refractivity contribution in [3.8, 4) is 39.2 Å². The van der Waals surface area contributed by atoms with Crippen LogP contribution in [-0.4, -0.2) is 9.55 Å². The zero-order chi connectivity index (χ0) is 36.5. The van der Waals surface area contributed by atoms with Gasteiger partial charge in [-0.3, -0.25) is 0 Å². The van der Waals surface area contributed by atoms with E-state index in [1.807, 2.05) is 18.2 Å². The third kappa shape index (κ3) is 4.86. The maximum Gasteiger partial charge on any atom is 0.189 e. The molecule has 0 amide bonds. The van der Waals surface area contributed by atoms with Gasteiger partial charge in [-0.05, 0) is 86.3 Å². The second-order valence-corrected chi connectivity index (χ2v) is 14.2. The number of fused-ring (bicyclic) bond motifs is 11. The van der Waals surface area contributed by atoms with Crippen molar-refractivity contribution in [3.05, 3.63) is 199 Å². The first-order valence-corrected chi connectivity index (χ1v) is 18.6. The minimum Gasteiger partial charge on any atom is -0.311 e. The molecule has 0 aliphatic heterocycles. The molecule has 0 aliphatic carbocycles. The highest BCUT2D eigenvalue weighted by molar-refractivity contribution is 6.31. The molecular weight excluding hydrogens is 667 g/mol. The van der Waals surface area contributed by atoms with Crippen LogP contribution in [0.1, 0.15) is 0 Å². The van der Waals surface area contributed by atoms with E-state index in [1.165, 1.54) is 32.3 Å². The maximum absolute atomic E-state index is 7.68. The van der Waals surface area contributed by atoms with Gasteiger partial charge in [0.1, 0.15) is 0 Å². The van der Waals surface area contributed by atoms with Gasteiger partial charge >= 0.3 is 0 Å². The Balaban J connectivity index is 1.11. The molecule has 0 unspecified atom stereocenters. The molecule has 9 aromatic carbocycles. The molecule has 0 spiro atoms. The fraction of sp³-hybridized carbons (Fsp3) is 0. The Hall–Kier alpha value is -7.54. The van der Waals surface area contributed by atoms with Crippen LogP contribution in [0.2, 0.25) is 0 Å². The van der Waals surface area contributed by atoms with E-state index in [0.29, 0.717) is 5.69 Å². The van der Waals surface area contributed by atoms with Gasteiger partial charge in [0.2, 0.25) is 0 Å². The zero-order valence-electron chi connectivity index (χ0n) is 29.7. The normalized spacial score (nSPS) is 11.6. The topological polar surface area (TPSA) is 22.2 Å². The Morgan fingerprint density at radius 1 is 0.382 bits per heavy atom. The number of nitrogens with zero attached hydrogens (tertiary/aromatic N) is 3. The number of hydrogen-bond donors (Lipinski definition) is 0. The molecule has 11 rings (SSSR count). The van der Waals surface area contributed by atoms with E-state index in [-0.39, 0.29) is 0 Å². The third-order valence-electron chi connectivity index (χ3n) is 11.1. The second kappa shape index (κ2) is 12.3. The van der Waals surface area contributed by atoms with Gasteiger partial charge in [0.05, 0.1) is 23.3 Å². The Kier molecular flexibility index (Phi) is 6.92. The van der Waals surface area contributed by atoms with Crippen molar-refractivity contribution in [1.82, 2.24) is 9.55 Å². The van der Waals surface area contributed by atoms with Gasteiger partial charge in [0.15, 0.2) is 5.69 Å². The van der Waals surface area contributed by atoms with Gasteiger partial charge in [-0.25, -0.2) is 9.83 Å². The lowest BCUT2D eigenvalue weighted by molar-refractivity contribution is 1.18. The molecule has 3 nitrogen and oxygen atoms in total. The van der Waals surface area contributed by atoms with E-state index in [9.17, 15) is 0 Å². The van der Waals surface area contributed by atoms with Gasteiger partial charge < -0.3 is 4.57 Å². The summed E-state index contributed by atoms with van der Waals surface area (Å²) in [6, 6.07) is 66.9. The molecule has 0 bridgehead atoms. The van der Waals surface area contributed by atoms with Crippen LogP contribution >= 0.6 is 0 Å². The highest BCUT2D eigenvalue weighted by atomic mass is 15.0. The van der Waals surface area contributed by atoms with Crippen molar-refractivity contribution in [1.29, 1.82) is 0 Å². The minimum atomic E-state index is 0.635. The number of benzene rings is 9. The molecule has 0 saturated carbocycles. The SMILES string of the molecule is [C-]#[N+]c1ccc2c3cc(-c4cccc(-c5ccc6c(c5)c(-c5ccccc5)nc5c7ccccc7c7ccccc7c65)c4)ccc3n(-c3ccccc3)c2c1. The predicted molar refractivity (Wildman–Crippen MR) is 231 cm³/mol. The van der Waals surface area contributed by atoms with E-state index >= 15 is 0 Å². The Labute approximate surface area is 317 Å². The van der Waals surface area contributed by atoms with E-state index in [2.05, 4.69) is 179 Å². The van der Waals surface area contributed by atoms with Crippen LogP contribution in [0, 0.1) is 6.57 Å². The Bertz CT molecular complexity index is 3370. The summed E-state index contributed by atoms with van der Waals surface area (Å²) in [5.74, 6) is 0. The standard InChI is InChI=1S/C52H31N3/c1-53-38-25-27-42-46-30-37(24-28-48(46)55(49(42)32-38)39-17-6-3-7-18-39)35-16-12-15-34(29-35)36-23-26-44-47(31-36)51(33-13-4-2-5-14-33)54-52-45-22-11-9-20-41(45)40-19-8-10-21-43(40)50(44)52/h2-32H. The molecule has 0 radical (unpaired) electrons. The van der Waals surface area contributed by atoms with Crippen molar-refractivity contribution in [2.45, 2.75) is 0 Å². The monoisotopic (exact) mass is 697 g/mol. The fourth-order valence-corrected chi connectivity index (χ4v) is 8.63. The number of rotatable bonds is 4. The minimum absolute atomic E-state index is 0.635. The van der Waals surface area contributed by atoms with E-state index in [0.717, 1.165) is 71.9 Å². The number of hydrogen-bond acceptors (Lipinski definition) is 1. The molecule has 3 heteroatoms. The van der Waals surface area contributed by atoms with Crippen LogP contribution in [0.5, 0.6) is 0 Å². The van der Waals surface area contributed by atoms with Gasteiger partial charge in [-0.1, -0.05) is 146 Å². The molecule has 0 saturated heterocycles. The zero-order valence-corrected chi connectivity index (χ0v) is 29.7. The van der Waals surface area contributed by atoms with Crippen molar-refractivity contribution in [2.75, 3.05) is 0 Å². The summed E-state index contributed by atoms with van der Waals surface area (Å²) in [5, 5.41) is 10.7. The summed E-state index contributed by atoms with van der Waals surface area (Å²) < 4.78 is 2.27. The highest BCUT2D eigenvalue weighted by Gasteiger charge is 2.18. The highest BCUT2D eigenvalue weighted by Crippen LogP contribution is 2.43. The lowest BCUT2D eigenvalue weighted by atomic mass is 9.90. The largest absolute Gasteiger partial charge is 0.311 e. The molecule has 11 aromatic rings. The van der Waals surface area contributed by atoms with Crippen LogP contribution in [0.25, 0.3) is 109 Å². The van der Waals surface area contributed by atoms with Crippen molar-refractivity contribution >= 4 is 70.7 Å². The summed E-state index contributed by atoms with van der Waals surface area (Å²) in [5.41, 5.74) is 11.6. The van der Waals surface area contributed by atoms with Crippen LogP contribution in [0.3, 0.4) is 0 Å². The van der Waals surface area contributed by atoms with Gasteiger partial charge in [0, 0.05) is 43.7 Å². The molecule has 0 fully saturated rings. The Morgan fingerprint density at radius 2 is 0.945 bits per heavy atom. The van der Waals surface area contributed by atoms with Crippen LogP contribution < -0.4 is 0 Å². The second-order valence-electron chi connectivity index (χ2n) is 14.2. The molecule has 55 heavy (non-hydrogen) atoms. The molecule has 0 atom stereocenters. The molecule has 0 aliphatic rings. The lowest BCUT2D eigenvalue weighted by Crippen LogP contribution is -1.93. The lowest BCUT2D eigenvalue weighted by Gasteiger charge is -2.16. The summed E-state index contributed by atoms with van der Waals surface area (Å²) >= 11 is 0. The van der Waals surface area contributed by atoms with E-state index in [4.69, 9.17) is 11.6 Å². The van der Waals surface area contributed by atoms with Crippen LogP contribution in [0.15, 0.2) is 188 Å². The molecule has 0 N–H and O–H groups in total. The average molecular weight is 698 g/mol. The first-order chi connectivity index (χ1) is 27.2. The van der Waals surface area contributed by atoms with Crippen molar-refractivity contribution in [3.63, 3.8) is 0 Å². The number of pyridine rings is 1. The molecule has 2 aromatic heterocycles. The average Bonchev–Trinajstić information content (AvgIpc) is 3.59. The first-order valence-electron chi connectivity index (χ1n) is 18.6. The Morgan fingerprint density at radius 3 is 1.69 bits per heavy atom. The predicted octanol–water partition coefficient (Wildman–Crippen LogP) is 14.3. The summed E-state index contributed by atoms with van der Waals surface area (Å²) in [4.78, 5) is 9.27. The first kappa shape index (κ1) is 31.0. The van der Waals surface area contributed by atoms with E-state index in [1.54, 1.807) is 0 Å². The third-order valence-corrected chi connectivity index (χ3v) is 11.1. The quantitative estimate of drug-likeness (QED) is 0.133. The molecule has 2 heterocycles. The van der Waals surface area contributed by atoms with Gasteiger partial charge in [0.25, 0.3) is 0 Å². The van der Waals surface area contributed by atoms with Crippen LogP contribution in [-0.2, 0) is 0 Å². The molecular formula is C52H31N3. The van der Waals surface area contributed by atoms with Gasteiger partial charge in [-0.2, -0.15) is 0 Å². The summed E-state index contributed by atoms with van der Waals surface area (Å²) in [6.07, 6.45) is 0. The summed E-state index contributed by atoms with van der Waals surface area (Å²) in [7, 11) is 0. The summed E-state index contributed by atoms with van der Waals surface area (Å²) in [6.45, 7) is 7.68. The van der Waals surface area contributed by atoms with Crippen LogP contribution in [0.4, 0.5) is 5.69 Å². The fourth-order valence-electron chi connectivity index (χ4n) is 8.63. The van der Waals surface area contributed by atoms with Crippen molar-refractivity contribution < 1.29 is 0 Å². The number of para-hydroxylation sites is 1. The van der Waals surface area contributed by atoms with E-state index < -0.39 is 0 Å². The van der Waals surface area contributed by atoms with Crippen molar-refractivity contribution in [2.24, 2.45) is 0 Å². The smallest absolute Gasteiger partial charge is 0.189 e. The number of aromatic nitrogens is 2. The molecule has 254 valence electrons. The maximum atomic E-state index is 7.68.